The summed E-state index contributed by atoms with van der Waals surface area (Å²) in [7, 11) is 0. The van der Waals surface area contributed by atoms with Gasteiger partial charge in [0.1, 0.15) is 12.4 Å². The van der Waals surface area contributed by atoms with Gasteiger partial charge in [-0.3, -0.25) is 4.99 Å². The molecule has 138 valence electrons. The first-order valence-corrected chi connectivity index (χ1v) is 10.8. The van der Waals surface area contributed by atoms with E-state index in [9.17, 15) is 0 Å². The molecule has 0 atom stereocenters. The maximum atomic E-state index is 6.12. The van der Waals surface area contributed by atoms with E-state index < -0.39 is 0 Å². The number of rotatable bonds is 5. The minimum atomic E-state index is 0.484. The number of hydrogen-bond acceptors (Lipinski definition) is 2. The Morgan fingerprint density at radius 1 is 0.926 bits per heavy atom. The van der Waals surface area contributed by atoms with Gasteiger partial charge in [0.15, 0.2) is 0 Å². The van der Waals surface area contributed by atoms with Gasteiger partial charge in [-0.25, -0.2) is 0 Å². The van der Waals surface area contributed by atoms with Crippen LogP contribution in [0.4, 0.5) is 5.69 Å². The van der Waals surface area contributed by atoms with Crippen LogP contribution in [0.2, 0.25) is 0 Å². The lowest BCUT2D eigenvalue weighted by molar-refractivity contribution is 0.304. The van der Waals surface area contributed by atoms with Crippen molar-refractivity contribution in [2.45, 2.75) is 20.5 Å². The molecular weight excluding hydrogens is 534 g/mol. The molecule has 2 nitrogen and oxygen atoms in total. The second-order valence-electron chi connectivity index (χ2n) is 6.20. The highest BCUT2D eigenvalue weighted by molar-refractivity contribution is 9.11. The van der Waals surface area contributed by atoms with Crippen molar-refractivity contribution in [3.8, 4) is 5.75 Å². The fourth-order valence-electron chi connectivity index (χ4n) is 2.58. The van der Waals surface area contributed by atoms with Crippen molar-refractivity contribution in [3.63, 3.8) is 0 Å². The van der Waals surface area contributed by atoms with Crippen LogP contribution in [0.25, 0.3) is 0 Å². The van der Waals surface area contributed by atoms with Gasteiger partial charge in [-0.1, -0.05) is 56.1 Å². The highest BCUT2D eigenvalue weighted by Gasteiger charge is 2.10. The average Bonchev–Trinajstić information content (AvgIpc) is 2.63. The fourth-order valence-corrected chi connectivity index (χ4v) is 4.22. The third kappa shape index (κ3) is 5.31. The van der Waals surface area contributed by atoms with E-state index in [2.05, 4.69) is 67.7 Å². The molecule has 0 bridgehead atoms. The average molecular weight is 552 g/mol. The summed E-state index contributed by atoms with van der Waals surface area (Å²) in [5, 5.41) is 0. The van der Waals surface area contributed by atoms with Crippen molar-refractivity contribution in [1.82, 2.24) is 0 Å². The van der Waals surface area contributed by atoms with Gasteiger partial charge in [-0.2, -0.15) is 0 Å². The third-order valence-electron chi connectivity index (χ3n) is 4.25. The molecule has 0 saturated heterocycles. The van der Waals surface area contributed by atoms with Crippen molar-refractivity contribution >= 4 is 59.7 Å². The maximum Gasteiger partial charge on any atom is 0.142 e. The standard InChI is InChI=1S/C22H18Br3NO/c1-14-4-3-5-21(15(14)2)26-12-17-10-19(24)11-20(25)22(17)27-13-16-6-8-18(23)9-7-16/h3-12H,13H2,1-2H3. The molecule has 0 radical (unpaired) electrons. The van der Waals surface area contributed by atoms with Gasteiger partial charge >= 0.3 is 0 Å². The van der Waals surface area contributed by atoms with E-state index in [4.69, 9.17) is 9.73 Å². The van der Waals surface area contributed by atoms with Gasteiger partial charge in [-0.05, 0) is 76.8 Å². The van der Waals surface area contributed by atoms with Gasteiger partial charge < -0.3 is 4.74 Å². The summed E-state index contributed by atoms with van der Waals surface area (Å²) < 4.78 is 9.02. The van der Waals surface area contributed by atoms with Crippen molar-refractivity contribution in [2.24, 2.45) is 4.99 Å². The lowest BCUT2D eigenvalue weighted by atomic mass is 10.1. The van der Waals surface area contributed by atoms with Crippen molar-refractivity contribution in [3.05, 3.63) is 90.3 Å². The van der Waals surface area contributed by atoms with E-state index in [1.807, 2.05) is 54.7 Å². The van der Waals surface area contributed by atoms with Gasteiger partial charge in [-0.15, -0.1) is 0 Å². The van der Waals surface area contributed by atoms with Crippen LogP contribution < -0.4 is 4.74 Å². The minimum absolute atomic E-state index is 0.484. The predicted molar refractivity (Wildman–Crippen MR) is 123 cm³/mol. The molecule has 0 spiro atoms. The van der Waals surface area contributed by atoms with Gasteiger partial charge in [0.25, 0.3) is 0 Å². The Morgan fingerprint density at radius 3 is 2.41 bits per heavy atom. The summed E-state index contributed by atoms with van der Waals surface area (Å²) in [4.78, 5) is 4.69. The Hall–Kier alpha value is -1.43. The van der Waals surface area contributed by atoms with Crippen molar-refractivity contribution in [2.75, 3.05) is 0 Å². The van der Waals surface area contributed by atoms with Crippen LogP contribution in [0.3, 0.4) is 0 Å². The summed E-state index contributed by atoms with van der Waals surface area (Å²) in [5.74, 6) is 0.773. The molecular formula is C22H18Br3NO. The zero-order chi connectivity index (χ0) is 19.4. The summed E-state index contributed by atoms with van der Waals surface area (Å²) >= 11 is 10.6. The van der Waals surface area contributed by atoms with Gasteiger partial charge in [0, 0.05) is 20.7 Å². The molecule has 5 heteroatoms. The highest BCUT2D eigenvalue weighted by atomic mass is 79.9. The SMILES string of the molecule is Cc1cccc(N=Cc2cc(Br)cc(Br)c2OCc2ccc(Br)cc2)c1C. The summed E-state index contributed by atoms with van der Waals surface area (Å²) in [5.41, 5.74) is 5.39. The van der Waals surface area contributed by atoms with Crippen molar-refractivity contribution in [1.29, 1.82) is 0 Å². The number of nitrogens with zero attached hydrogens (tertiary/aromatic N) is 1. The monoisotopic (exact) mass is 549 g/mol. The summed E-state index contributed by atoms with van der Waals surface area (Å²) in [6, 6.07) is 18.2. The Bertz CT molecular complexity index is 982. The van der Waals surface area contributed by atoms with Gasteiger partial charge in [0.05, 0.1) is 10.2 Å². The zero-order valence-electron chi connectivity index (χ0n) is 15.0. The zero-order valence-corrected chi connectivity index (χ0v) is 19.7. The number of halogens is 3. The molecule has 0 N–H and O–H groups in total. The quantitative estimate of drug-likeness (QED) is 0.295. The number of aliphatic imine (C=N–C) groups is 1. The van der Waals surface area contributed by atoms with E-state index in [-0.39, 0.29) is 0 Å². The molecule has 3 aromatic carbocycles. The van der Waals surface area contributed by atoms with Crippen LogP contribution in [-0.2, 0) is 6.61 Å². The number of hydrogen-bond donors (Lipinski definition) is 0. The molecule has 0 aromatic heterocycles. The molecule has 0 fully saturated rings. The molecule has 0 aliphatic heterocycles. The predicted octanol–water partition coefficient (Wildman–Crippen LogP) is 7.92. The molecule has 3 aromatic rings. The van der Waals surface area contributed by atoms with E-state index in [0.29, 0.717) is 6.61 Å². The number of ether oxygens (including phenoxy) is 1. The molecule has 0 saturated carbocycles. The largest absolute Gasteiger partial charge is 0.487 e. The second kappa shape index (κ2) is 9.18. The minimum Gasteiger partial charge on any atom is -0.487 e. The first-order chi connectivity index (χ1) is 12.9. The Labute approximate surface area is 185 Å². The molecule has 0 heterocycles. The molecule has 0 aliphatic carbocycles. The topological polar surface area (TPSA) is 21.6 Å². The molecule has 27 heavy (non-hydrogen) atoms. The normalized spacial score (nSPS) is 11.1. The van der Waals surface area contributed by atoms with Crippen LogP contribution in [-0.4, -0.2) is 6.21 Å². The van der Waals surface area contributed by atoms with Crippen LogP contribution in [0, 0.1) is 13.8 Å². The third-order valence-corrected chi connectivity index (χ3v) is 5.83. The molecule has 3 rings (SSSR count). The molecule has 0 aliphatic rings. The van der Waals surface area contributed by atoms with Crippen LogP contribution >= 0.6 is 47.8 Å². The highest BCUT2D eigenvalue weighted by Crippen LogP contribution is 2.33. The first kappa shape index (κ1) is 20.3. The molecule has 0 amide bonds. The van der Waals surface area contributed by atoms with Gasteiger partial charge in [0.2, 0.25) is 0 Å². The Balaban J connectivity index is 1.89. The van der Waals surface area contributed by atoms with E-state index in [1.54, 1.807) is 0 Å². The van der Waals surface area contributed by atoms with E-state index in [1.165, 1.54) is 11.1 Å². The summed E-state index contributed by atoms with van der Waals surface area (Å²) in [6.07, 6.45) is 1.86. The van der Waals surface area contributed by atoms with E-state index in [0.717, 1.165) is 36.0 Å². The maximum absolute atomic E-state index is 6.12. The second-order valence-corrected chi connectivity index (χ2v) is 8.88. The molecule has 0 unspecified atom stereocenters. The number of benzene rings is 3. The lowest BCUT2D eigenvalue weighted by Gasteiger charge is -2.12. The van der Waals surface area contributed by atoms with Crippen LogP contribution in [0.15, 0.2) is 73.0 Å². The Morgan fingerprint density at radius 2 is 1.67 bits per heavy atom. The fraction of sp³-hybridized carbons (Fsp3) is 0.136. The van der Waals surface area contributed by atoms with Crippen LogP contribution in [0.5, 0.6) is 5.75 Å². The van der Waals surface area contributed by atoms with Crippen LogP contribution in [0.1, 0.15) is 22.3 Å². The first-order valence-electron chi connectivity index (χ1n) is 8.40. The Kier molecular flexibility index (Phi) is 6.90. The lowest BCUT2D eigenvalue weighted by Crippen LogP contribution is -1.99. The van der Waals surface area contributed by atoms with E-state index >= 15 is 0 Å². The smallest absolute Gasteiger partial charge is 0.142 e. The van der Waals surface area contributed by atoms with Crippen molar-refractivity contribution < 1.29 is 4.74 Å². The summed E-state index contributed by atoms with van der Waals surface area (Å²) in [6.45, 7) is 4.67. The number of aryl methyl sites for hydroxylation is 1.